The SMILES string of the molecule is CC(C)(CCCBr)CC(=O)N1CCOC1=O. The highest BCUT2D eigenvalue weighted by Gasteiger charge is 2.32. The summed E-state index contributed by atoms with van der Waals surface area (Å²) in [5.74, 6) is -0.123. The largest absolute Gasteiger partial charge is 0.447 e. The van der Waals surface area contributed by atoms with Crippen LogP contribution >= 0.6 is 15.9 Å². The molecular formula is C11H18BrNO3. The third-order valence-corrected chi connectivity index (χ3v) is 3.24. The van der Waals surface area contributed by atoms with Gasteiger partial charge < -0.3 is 4.74 Å². The van der Waals surface area contributed by atoms with Crippen LogP contribution in [-0.4, -0.2) is 35.4 Å². The first kappa shape index (κ1) is 13.5. The van der Waals surface area contributed by atoms with E-state index in [1.807, 2.05) is 0 Å². The van der Waals surface area contributed by atoms with Gasteiger partial charge in [-0.2, -0.15) is 0 Å². The minimum absolute atomic E-state index is 0.0618. The molecule has 0 saturated carbocycles. The second kappa shape index (κ2) is 5.66. The molecule has 0 radical (unpaired) electrons. The lowest BCUT2D eigenvalue weighted by Gasteiger charge is -2.25. The van der Waals surface area contributed by atoms with Gasteiger partial charge in [0.25, 0.3) is 0 Å². The minimum Gasteiger partial charge on any atom is -0.447 e. The van der Waals surface area contributed by atoms with Crippen LogP contribution in [-0.2, 0) is 9.53 Å². The summed E-state index contributed by atoms with van der Waals surface area (Å²) in [4.78, 5) is 24.2. The summed E-state index contributed by atoms with van der Waals surface area (Å²) < 4.78 is 4.74. The van der Waals surface area contributed by atoms with Crippen LogP contribution in [0.1, 0.15) is 33.1 Å². The molecule has 1 aliphatic rings. The van der Waals surface area contributed by atoms with Crippen LogP contribution in [0.2, 0.25) is 0 Å². The molecule has 2 amide bonds. The van der Waals surface area contributed by atoms with Crippen LogP contribution in [0.25, 0.3) is 0 Å². The minimum atomic E-state index is -0.499. The van der Waals surface area contributed by atoms with Crippen molar-refractivity contribution in [3.05, 3.63) is 0 Å². The van der Waals surface area contributed by atoms with E-state index in [2.05, 4.69) is 29.8 Å². The highest BCUT2D eigenvalue weighted by Crippen LogP contribution is 2.28. The van der Waals surface area contributed by atoms with E-state index < -0.39 is 6.09 Å². The van der Waals surface area contributed by atoms with Crippen LogP contribution in [0.5, 0.6) is 0 Å². The number of amides is 2. The molecule has 0 aromatic rings. The third kappa shape index (κ3) is 3.77. The van der Waals surface area contributed by atoms with Crippen LogP contribution < -0.4 is 0 Å². The summed E-state index contributed by atoms with van der Waals surface area (Å²) in [6.07, 6.45) is 1.90. The van der Waals surface area contributed by atoms with E-state index >= 15 is 0 Å². The first-order valence-electron chi connectivity index (χ1n) is 5.49. The molecule has 1 heterocycles. The number of carbonyl (C=O) groups is 2. The fourth-order valence-corrected chi connectivity index (χ4v) is 2.04. The van der Waals surface area contributed by atoms with Gasteiger partial charge in [0.05, 0.1) is 6.54 Å². The van der Waals surface area contributed by atoms with E-state index in [0.29, 0.717) is 19.6 Å². The summed E-state index contributed by atoms with van der Waals surface area (Å²) in [5, 5.41) is 0.941. The van der Waals surface area contributed by atoms with Crippen molar-refractivity contribution in [2.24, 2.45) is 5.41 Å². The number of halogens is 1. The molecule has 92 valence electrons. The van der Waals surface area contributed by atoms with Crippen LogP contribution in [0, 0.1) is 5.41 Å². The molecule has 0 aliphatic carbocycles. The molecule has 1 saturated heterocycles. The van der Waals surface area contributed by atoms with Gasteiger partial charge in [-0.1, -0.05) is 29.8 Å². The first-order chi connectivity index (χ1) is 7.46. The summed E-state index contributed by atoms with van der Waals surface area (Å²) in [5.41, 5.74) is -0.0618. The van der Waals surface area contributed by atoms with Crippen molar-refractivity contribution >= 4 is 27.9 Å². The maximum Gasteiger partial charge on any atom is 0.416 e. The molecule has 1 rings (SSSR count). The zero-order valence-electron chi connectivity index (χ0n) is 9.79. The maximum atomic E-state index is 11.8. The van der Waals surface area contributed by atoms with Gasteiger partial charge >= 0.3 is 6.09 Å². The van der Waals surface area contributed by atoms with E-state index in [9.17, 15) is 9.59 Å². The number of ether oxygens (including phenoxy) is 1. The average molecular weight is 292 g/mol. The molecule has 1 fully saturated rings. The van der Waals surface area contributed by atoms with Crippen molar-refractivity contribution in [1.82, 2.24) is 4.90 Å². The fraction of sp³-hybridized carbons (Fsp3) is 0.818. The molecule has 4 nitrogen and oxygen atoms in total. The second-order valence-electron chi connectivity index (χ2n) is 4.79. The lowest BCUT2D eigenvalue weighted by Crippen LogP contribution is -2.34. The summed E-state index contributed by atoms with van der Waals surface area (Å²) in [6, 6.07) is 0. The van der Waals surface area contributed by atoms with Gasteiger partial charge in [0.2, 0.25) is 5.91 Å². The number of imide groups is 1. The maximum absolute atomic E-state index is 11.8. The Morgan fingerprint density at radius 2 is 2.25 bits per heavy atom. The van der Waals surface area contributed by atoms with Gasteiger partial charge in [0.1, 0.15) is 6.61 Å². The van der Waals surface area contributed by atoms with Crippen molar-refractivity contribution in [3.63, 3.8) is 0 Å². The summed E-state index contributed by atoms with van der Waals surface area (Å²) in [7, 11) is 0. The van der Waals surface area contributed by atoms with Crippen molar-refractivity contribution in [3.8, 4) is 0 Å². The van der Waals surface area contributed by atoms with Gasteiger partial charge in [-0.3, -0.25) is 4.79 Å². The molecule has 0 bridgehead atoms. The van der Waals surface area contributed by atoms with Crippen LogP contribution in [0.3, 0.4) is 0 Å². The molecule has 0 aromatic carbocycles. The average Bonchev–Trinajstić information content (AvgIpc) is 2.61. The molecule has 0 spiro atoms. The molecule has 5 heteroatoms. The van der Waals surface area contributed by atoms with Crippen molar-refractivity contribution in [2.45, 2.75) is 33.1 Å². The Balaban J connectivity index is 2.46. The normalized spacial score (nSPS) is 16.4. The van der Waals surface area contributed by atoms with Gasteiger partial charge in [-0.15, -0.1) is 0 Å². The van der Waals surface area contributed by atoms with Crippen molar-refractivity contribution < 1.29 is 14.3 Å². The Kier molecular flexibility index (Phi) is 4.77. The van der Waals surface area contributed by atoms with E-state index in [0.717, 1.165) is 18.2 Å². The first-order valence-corrected chi connectivity index (χ1v) is 6.61. The van der Waals surface area contributed by atoms with E-state index in [1.165, 1.54) is 4.90 Å². The molecular weight excluding hydrogens is 274 g/mol. The van der Waals surface area contributed by atoms with Gasteiger partial charge in [-0.05, 0) is 18.3 Å². The number of hydrogen-bond donors (Lipinski definition) is 0. The van der Waals surface area contributed by atoms with E-state index in [4.69, 9.17) is 4.74 Å². The molecule has 0 N–H and O–H groups in total. The van der Waals surface area contributed by atoms with E-state index in [1.54, 1.807) is 0 Å². The number of cyclic esters (lactones) is 1. The number of rotatable bonds is 5. The Hall–Kier alpha value is -0.580. The fourth-order valence-electron chi connectivity index (χ4n) is 1.76. The van der Waals surface area contributed by atoms with Crippen molar-refractivity contribution in [2.75, 3.05) is 18.5 Å². The predicted molar refractivity (Wildman–Crippen MR) is 64.5 cm³/mol. The van der Waals surface area contributed by atoms with Gasteiger partial charge in [0.15, 0.2) is 0 Å². The second-order valence-corrected chi connectivity index (χ2v) is 5.59. The molecule has 16 heavy (non-hydrogen) atoms. The lowest BCUT2D eigenvalue weighted by molar-refractivity contribution is -0.129. The quantitative estimate of drug-likeness (QED) is 0.732. The number of hydrogen-bond acceptors (Lipinski definition) is 3. The highest BCUT2D eigenvalue weighted by molar-refractivity contribution is 9.09. The number of carbonyl (C=O) groups excluding carboxylic acids is 2. The van der Waals surface area contributed by atoms with Crippen LogP contribution in [0.15, 0.2) is 0 Å². The Morgan fingerprint density at radius 3 is 2.75 bits per heavy atom. The third-order valence-electron chi connectivity index (χ3n) is 2.68. The standard InChI is InChI=1S/C11H18BrNO3/c1-11(2,4-3-5-12)8-9(14)13-6-7-16-10(13)15/h3-8H2,1-2H3. The topological polar surface area (TPSA) is 46.6 Å². The van der Waals surface area contributed by atoms with Gasteiger partial charge in [-0.25, -0.2) is 9.69 Å². The molecule has 0 aromatic heterocycles. The molecule has 1 aliphatic heterocycles. The predicted octanol–water partition coefficient (Wildman–Crippen LogP) is 2.56. The van der Waals surface area contributed by atoms with E-state index in [-0.39, 0.29) is 11.3 Å². The van der Waals surface area contributed by atoms with Gasteiger partial charge in [0, 0.05) is 11.8 Å². The van der Waals surface area contributed by atoms with Crippen molar-refractivity contribution in [1.29, 1.82) is 0 Å². The Labute approximate surface area is 104 Å². The zero-order valence-corrected chi connectivity index (χ0v) is 11.4. The Bertz CT molecular complexity index is 278. The Morgan fingerprint density at radius 1 is 1.56 bits per heavy atom. The summed E-state index contributed by atoms with van der Waals surface area (Å²) >= 11 is 3.37. The number of alkyl halides is 1. The molecule has 0 atom stereocenters. The lowest BCUT2D eigenvalue weighted by atomic mass is 9.84. The number of nitrogens with zero attached hydrogens (tertiary/aromatic N) is 1. The van der Waals surface area contributed by atoms with Crippen LogP contribution in [0.4, 0.5) is 4.79 Å². The smallest absolute Gasteiger partial charge is 0.416 e. The molecule has 0 unspecified atom stereocenters. The summed E-state index contributed by atoms with van der Waals surface area (Å²) in [6.45, 7) is 4.82. The zero-order chi connectivity index (χ0) is 12.2. The highest BCUT2D eigenvalue weighted by atomic mass is 79.9. The monoisotopic (exact) mass is 291 g/mol.